The van der Waals surface area contributed by atoms with Gasteiger partial charge in [-0.2, -0.15) is 0 Å². The first-order valence-corrected chi connectivity index (χ1v) is 7.34. The number of aryl methyl sites for hydroxylation is 1. The van der Waals surface area contributed by atoms with Crippen LogP contribution in [0.1, 0.15) is 30.7 Å². The zero-order valence-corrected chi connectivity index (χ0v) is 11.9. The SMILES string of the molecule is Cn1cc(C2CC2)c2cc(N3CCC(=O)NC3=O)ccc21. The van der Waals surface area contributed by atoms with E-state index in [1.54, 1.807) is 4.90 Å². The Kier molecular flexibility index (Phi) is 2.58. The Bertz CT molecular complexity index is 758. The van der Waals surface area contributed by atoms with Gasteiger partial charge in [-0.05, 0) is 42.5 Å². The van der Waals surface area contributed by atoms with Crippen molar-refractivity contribution in [2.24, 2.45) is 7.05 Å². The predicted octanol–water partition coefficient (Wildman–Crippen LogP) is 2.50. The summed E-state index contributed by atoms with van der Waals surface area (Å²) in [6.07, 6.45) is 5.06. The van der Waals surface area contributed by atoms with Crippen molar-refractivity contribution in [2.45, 2.75) is 25.2 Å². The van der Waals surface area contributed by atoms with Crippen LogP contribution in [-0.2, 0) is 11.8 Å². The van der Waals surface area contributed by atoms with Crippen LogP contribution in [0, 0.1) is 0 Å². The Morgan fingerprint density at radius 1 is 1.24 bits per heavy atom. The molecule has 2 aromatic rings. The maximum Gasteiger partial charge on any atom is 0.328 e. The molecule has 1 aromatic heterocycles. The van der Waals surface area contributed by atoms with E-state index < -0.39 is 0 Å². The smallest absolute Gasteiger partial charge is 0.328 e. The summed E-state index contributed by atoms with van der Waals surface area (Å²) in [5.41, 5.74) is 3.43. The number of urea groups is 1. The number of fused-ring (bicyclic) bond motifs is 1. The third-order valence-corrected chi connectivity index (χ3v) is 4.39. The van der Waals surface area contributed by atoms with Gasteiger partial charge in [-0.3, -0.25) is 15.0 Å². The van der Waals surface area contributed by atoms with Crippen molar-refractivity contribution in [3.05, 3.63) is 30.0 Å². The van der Waals surface area contributed by atoms with Gasteiger partial charge < -0.3 is 4.57 Å². The zero-order valence-electron chi connectivity index (χ0n) is 11.9. The third kappa shape index (κ3) is 2.00. The molecule has 5 heteroatoms. The van der Waals surface area contributed by atoms with Gasteiger partial charge in [0.1, 0.15) is 0 Å². The molecule has 0 spiro atoms. The molecule has 1 aromatic carbocycles. The summed E-state index contributed by atoms with van der Waals surface area (Å²) in [5.74, 6) is 0.469. The second-order valence-corrected chi connectivity index (χ2v) is 5.93. The molecule has 0 unspecified atom stereocenters. The molecule has 0 radical (unpaired) electrons. The summed E-state index contributed by atoms with van der Waals surface area (Å²) < 4.78 is 2.15. The topological polar surface area (TPSA) is 54.3 Å². The summed E-state index contributed by atoms with van der Waals surface area (Å²) in [6.45, 7) is 0.446. The molecule has 4 rings (SSSR count). The monoisotopic (exact) mass is 283 g/mol. The summed E-state index contributed by atoms with van der Waals surface area (Å²) in [7, 11) is 2.06. The van der Waals surface area contributed by atoms with Crippen molar-refractivity contribution < 1.29 is 9.59 Å². The minimum Gasteiger partial charge on any atom is -0.350 e. The average molecular weight is 283 g/mol. The molecule has 2 fully saturated rings. The summed E-state index contributed by atoms with van der Waals surface area (Å²) in [5, 5.41) is 3.60. The van der Waals surface area contributed by atoms with Gasteiger partial charge >= 0.3 is 6.03 Å². The van der Waals surface area contributed by atoms with Gasteiger partial charge in [-0.15, -0.1) is 0 Å². The van der Waals surface area contributed by atoms with E-state index in [0.29, 0.717) is 18.9 Å². The van der Waals surface area contributed by atoms with Crippen LogP contribution in [0.3, 0.4) is 0 Å². The molecule has 3 amide bonds. The third-order valence-electron chi connectivity index (χ3n) is 4.39. The minimum absolute atomic E-state index is 0.198. The fourth-order valence-corrected chi connectivity index (χ4v) is 3.11. The van der Waals surface area contributed by atoms with Gasteiger partial charge in [-0.1, -0.05) is 0 Å². The highest BCUT2D eigenvalue weighted by atomic mass is 16.2. The Morgan fingerprint density at radius 3 is 2.76 bits per heavy atom. The molecule has 0 bridgehead atoms. The fourth-order valence-electron chi connectivity index (χ4n) is 3.11. The number of aromatic nitrogens is 1. The van der Waals surface area contributed by atoms with Gasteiger partial charge in [0.15, 0.2) is 0 Å². The number of rotatable bonds is 2. The number of anilines is 1. The molecule has 2 heterocycles. The molecule has 1 N–H and O–H groups in total. The number of hydrogen-bond acceptors (Lipinski definition) is 2. The number of benzene rings is 1. The Labute approximate surface area is 122 Å². The van der Waals surface area contributed by atoms with Crippen molar-refractivity contribution in [2.75, 3.05) is 11.4 Å². The van der Waals surface area contributed by atoms with E-state index >= 15 is 0 Å². The molecule has 108 valence electrons. The minimum atomic E-state index is -0.325. The molecule has 21 heavy (non-hydrogen) atoms. The molecule has 1 aliphatic carbocycles. The Balaban J connectivity index is 1.77. The van der Waals surface area contributed by atoms with Crippen LogP contribution in [0.5, 0.6) is 0 Å². The second kappa shape index (κ2) is 4.35. The second-order valence-electron chi connectivity index (χ2n) is 5.93. The molecular formula is C16H17N3O2. The van der Waals surface area contributed by atoms with Crippen molar-refractivity contribution in [1.29, 1.82) is 0 Å². The van der Waals surface area contributed by atoms with Gasteiger partial charge in [0.25, 0.3) is 0 Å². The van der Waals surface area contributed by atoms with E-state index in [9.17, 15) is 9.59 Å². The number of carbonyl (C=O) groups is 2. The van der Waals surface area contributed by atoms with Crippen molar-refractivity contribution in [1.82, 2.24) is 9.88 Å². The fraction of sp³-hybridized carbons (Fsp3) is 0.375. The lowest BCUT2D eigenvalue weighted by molar-refractivity contribution is -0.120. The van der Waals surface area contributed by atoms with Crippen molar-refractivity contribution in [3.8, 4) is 0 Å². The van der Waals surface area contributed by atoms with Crippen molar-refractivity contribution in [3.63, 3.8) is 0 Å². The summed E-state index contributed by atoms with van der Waals surface area (Å²) in [4.78, 5) is 24.9. The summed E-state index contributed by atoms with van der Waals surface area (Å²) in [6, 6.07) is 5.77. The lowest BCUT2D eigenvalue weighted by Gasteiger charge is -2.26. The van der Waals surface area contributed by atoms with E-state index in [2.05, 4.69) is 35.3 Å². The average Bonchev–Trinajstić information content (AvgIpc) is 3.24. The van der Waals surface area contributed by atoms with E-state index in [4.69, 9.17) is 0 Å². The number of nitrogens with one attached hydrogen (secondary N) is 1. The van der Waals surface area contributed by atoms with E-state index in [1.165, 1.54) is 29.3 Å². The highest BCUT2D eigenvalue weighted by Crippen LogP contribution is 2.44. The largest absolute Gasteiger partial charge is 0.350 e. The van der Waals surface area contributed by atoms with Crippen LogP contribution in [0.25, 0.3) is 10.9 Å². The van der Waals surface area contributed by atoms with E-state index in [1.807, 2.05) is 6.07 Å². The quantitative estimate of drug-likeness (QED) is 0.920. The van der Waals surface area contributed by atoms with Crippen LogP contribution in [-0.4, -0.2) is 23.1 Å². The first-order valence-electron chi connectivity index (χ1n) is 7.34. The summed E-state index contributed by atoms with van der Waals surface area (Å²) >= 11 is 0. The molecular weight excluding hydrogens is 266 g/mol. The maximum atomic E-state index is 12.0. The van der Waals surface area contributed by atoms with Crippen LogP contribution >= 0.6 is 0 Å². The number of imide groups is 1. The number of carbonyl (C=O) groups excluding carboxylic acids is 2. The first kappa shape index (κ1) is 12.4. The predicted molar refractivity (Wildman–Crippen MR) is 80.4 cm³/mol. The molecule has 1 aliphatic heterocycles. The lowest BCUT2D eigenvalue weighted by atomic mass is 10.1. The van der Waals surface area contributed by atoms with Gasteiger partial charge in [0.2, 0.25) is 5.91 Å². The van der Waals surface area contributed by atoms with Crippen LogP contribution in [0.4, 0.5) is 10.5 Å². The Morgan fingerprint density at radius 2 is 2.05 bits per heavy atom. The molecule has 1 saturated carbocycles. The number of hydrogen-bond donors (Lipinski definition) is 1. The normalized spacial score (nSPS) is 19.2. The zero-order chi connectivity index (χ0) is 14.6. The van der Waals surface area contributed by atoms with Gasteiger partial charge in [-0.25, -0.2) is 4.79 Å². The van der Waals surface area contributed by atoms with Crippen molar-refractivity contribution >= 4 is 28.5 Å². The van der Waals surface area contributed by atoms with E-state index in [0.717, 1.165) is 5.69 Å². The van der Waals surface area contributed by atoms with Crippen LogP contribution in [0.2, 0.25) is 0 Å². The number of nitrogens with zero attached hydrogens (tertiary/aromatic N) is 2. The lowest BCUT2D eigenvalue weighted by Crippen LogP contribution is -2.49. The highest BCUT2D eigenvalue weighted by molar-refractivity contribution is 6.06. The molecule has 1 saturated heterocycles. The number of amides is 3. The Hall–Kier alpha value is -2.30. The maximum absolute atomic E-state index is 12.0. The molecule has 0 atom stereocenters. The molecule has 2 aliphatic rings. The van der Waals surface area contributed by atoms with Crippen LogP contribution in [0.15, 0.2) is 24.4 Å². The van der Waals surface area contributed by atoms with E-state index in [-0.39, 0.29) is 11.9 Å². The van der Waals surface area contributed by atoms with Crippen LogP contribution < -0.4 is 10.2 Å². The molecule has 5 nitrogen and oxygen atoms in total. The highest BCUT2D eigenvalue weighted by Gasteiger charge is 2.28. The standard InChI is InChI=1S/C16H17N3O2/c1-18-9-13(10-2-3-10)12-8-11(4-5-14(12)18)19-7-6-15(20)17-16(19)21/h4-5,8-10H,2-3,6-7H2,1H3,(H,17,20,21). The first-order chi connectivity index (χ1) is 10.1. The van der Waals surface area contributed by atoms with Gasteiger partial charge in [0, 0.05) is 42.8 Å². The van der Waals surface area contributed by atoms with Gasteiger partial charge in [0.05, 0.1) is 0 Å².